The molecule has 0 unspecified atom stereocenters. The van der Waals surface area contributed by atoms with Crippen LogP contribution in [0.5, 0.6) is 0 Å². The van der Waals surface area contributed by atoms with Crippen LogP contribution in [0.2, 0.25) is 0 Å². The summed E-state index contributed by atoms with van der Waals surface area (Å²) >= 11 is 0. The molecule has 2 nitrogen and oxygen atoms in total. The minimum Gasteiger partial charge on any atom is -0.316 e. The van der Waals surface area contributed by atoms with Crippen LogP contribution in [0, 0.1) is 0 Å². The summed E-state index contributed by atoms with van der Waals surface area (Å²) < 4.78 is 12.8. The topological polar surface area (TPSA) is 29.1 Å². The van der Waals surface area contributed by atoms with Crippen molar-refractivity contribution in [1.29, 1.82) is 0 Å². The summed E-state index contributed by atoms with van der Waals surface area (Å²) in [7, 11) is 0. The number of halogens is 1. The van der Waals surface area contributed by atoms with Crippen LogP contribution in [-0.2, 0) is 4.79 Å². The third kappa shape index (κ3) is 1.48. The van der Waals surface area contributed by atoms with Crippen LogP contribution in [0.25, 0.3) is 0 Å². The van der Waals surface area contributed by atoms with Crippen molar-refractivity contribution in [3.8, 4) is 0 Å². The number of rotatable bonds is 1. The SMILES string of the molecule is O=[C]C1(F)CCNCC1. The molecule has 0 amide bonds. The molecule has 1 radical (unpaired) electrons. The molecule has 1 rings (SSSR count). The maximum atomic E-state index is 12.8. The maximum absolute atomic E-state index is 12.8. The Labute approximate surface area is 53.4 Å². The first-order valence-corrected chi connectivity index (χ1v) is 3.06. The van der Waals surface area contributed by atoms with Crippen LogP contribution in [0.15, 0.2) is 0 Å². The molecule has 9 heavy (non-hydrogen) atoms. The molecule has 1 saturated heterocycles. The van der Waals surface area contributed by atoms with Crippen molar-refractivity contribution in [2.24, 2.45) is 0 Å². The summed E-state index contributed by atoms with van der Waals surface area (Å²) in [6, 6.07) is 0. The molecule has 3 heteroatoms. The lowest BCUT2D eigenvalue weighted by Gasteiger charge is -2.23. The molecule has 1 fully saturated rings. The second-order valence-electron chi connectivity index (χ2n) is 2.32. The molecule has 0 saturated carbocycles. The third-order valence-corrected chi connectivity index (χ3v) is 1.58. The predicted molar refractivity (Wildman–Crippen MR) is 31.6 cm³/mol. The van der Waals surface area contributed by atoms with Gasteiger partial charge in [0.2, 0.25) is 6.29 Å². The van der Waals surface area contributed by atoms with Gasteiger partial charge in [-0.1, -0.05) is 0 Å². The van der Waals surface area contributed by atoms with Crippen molar-refractivity contribution in [1.82, 2.24) is 5.32 Å². The van der Waals surface area contributed by atoms with Gasteiger partial charge in [-0.3, -0.25) is 4.79 Å². The van der Waals surface area contributed by atoms with E-state index in [-0.39, 0.29) is 12.8 Å². The average molecular weight is 130 g/mol. The molecule has 1 N–H and O–H groups in total. The van der Waals surface area contributed by atoms with E-state index in [9.17, 15) is 9.18 Å². The fourth-order valence-electron chi connectivity index (χ4n) is 0.925. The molecule has 1 aliphatic rings. The van der Waals surface area contributed by atoms with Gasteiger partial charge in [0.15, 0.2) is 5.67 Å². The van der Waals surface area contributed by atoms with E-state index < -0.39 is 5.67 Å². The fraction of sp³-hybridized carbons (Fsp3) is 0.833. The van der Waals surface area contributed by atoms with E-state index in [2.05, 4.69) is 5.32 Å². The van der Waals surface area contributed by atoms with E-state index in [1.165, 1.54) is 6.29 Å². The van der Waals surface area contributed by atoms with Gasteiger partial charge in [0.25, 0.3) is 0 Å². The summed E-state index contributed by atoms with van der Waals surface area (Å²) in [5.41, 5.74) is -1.65. The van der Waals surface area contributed by atoms with Crippen LogP contribution in [0.1, 0.15) is 12.8 Å². The maximum Gasteiger partial charge on any atom is 0.238 e. The van der Waals surface area contributed by atoms with Crippen LogP contribution < -0.4 is 5.32 Å². The predicted octanol–water partition coefficient (Wildman–Crippen LogP) is 0.188. The fourth-order valence-corrected chi connectivity index (χ4v) is 0.925. The lowest BCUT2D eigenvalue weighted by Crippen LogP contribution is -2.39. The van der Waals surface area contributed by atoms with Crippen LogP contribution in [-0.4, -0.2) is 25.0 Å². The third-order valence-electron chi connectivity index (χ3n) is 1.58. The first kappa shape index (κ1) is 6.68. The Bertz CT molecular complexity index is 110. The van der Waals surface area contributed by atoms with Gasteiger partial charge in [-0.15, -0.1) is 0 Å². The number of hydrogen-bond acceptors (Lipinski definition) is 2. The monoisotopic (exact) mass is 130 g/mol. The molecule has 0 bridgehead atoms. The van der Waals surface area contributed by atoms with Crippen molar-refractivity contribution < 1.29 is 9.18 Å². The van der Waals surface area contributed by atoms with Gasteiger partial charge in [0, 0.05) is 12.8 Å². The first-order valence-electron chi connectivity index (χ1n) is 3.06. The van der Waals surface area contributed by atoms with Gasteiger partial charge >= 0.3 is 0 Å². The number of piperidine rings is 1. The molecular weight excluding hydrogens is 121 g/mol. The molecule has 1 aliphatic heterocycles. The summed E-state index contributed by atoms with van der Waals surface area (Å²) in [5, 5.41) is 2.96. The molecule has 51 valence electrons. The van der Waals surface area contributed by atoms with Crippen LogP contribution in [0.3, 0.4) is 0 Å². The molecule has 0 aromatic heterocycles. The summed E-state index contributed by atoms with van der Waals surface area (Å²) in [4.78, 5) is 9.95. The second kappa shape index (κ2) is 2.43. The Balaban J connectivity index is 2.46. The summed E-state index contributed by atoms with van der Waals surface area (Å²) in [6.07, 6.45) is 1.97. The molecule has 0 aromatic rings. The number of nitrogens with one attached hydrogen (secondary N) is 1. The Morgan fingerprint density at radius 3 is 2.33 bits per heavy atom. The van der Waals surface area contributed by atoms with Crippen LogP contribution in [0.4, 0.5) is 4.39 Å². The largest absolute Gasteiger partial charge is 0.316 e. The molecule has 0 spiro atoms. The standard InChI is InChI=1S/C6H9FNO/c7-6(5-9)1-3-8-4-2-6/h8H,1-4H2. The smallest absolute Gasteiger partial charge is 0.238 e. The lowest BCUT2D eigenvalue weighted by atomic mass is 9.97. The Kier molecular flexibility index (Phi) is 1.81. The van der Waals surface area contributed by atoms with Crippen molar-refractivity contribution in [2.45, 2.75) is 18.5 Å². The highest BCUT2D eigenvalue weighted by Crippen LogP contribution is 2.19. The van der Waals surface area contributed by atoms with E-state index in [4.69, 9.17) is 0 Å². The van der Waals surface area contributed by atoms with Crippen LogP contribution >= 0.6 is 0 Å². The quantitative estimate of drug-likeness (QED) is 0.549. The summed E-state index contributed by atoms with van der Waals surface area (Å²) in [5.74, 6) is 0. The van der Waals surface area contributed by atoms with Gasteiger partial charge in [0.1, 0.15) is 0 Å². The Morgan fingerprint density at radius 2 is 2.00 bits per heavy atom. The van der Waals surface area contributed by atoms with E-state index in [1.807, 2.05) is 0 Å². The molecule has 0 atom stereocenters. The van der Waals surface area contributed by atoms with E-state index in [1.54, 1.807) is 0 Å². The summed E-state index contributed by atoms with van der Waals surface area (Å²) in [6.45, 7) is 1.18. The number of carbonyl (C=O) groups excluding carboxylic acids is 1. The van der Waals surface area contributed by atoms with Crippen molar-refractivity contribution in [3.63, 3.8) is 0 Å². The van der Waals surface area contributed by atoms with Crippen molar-refractivity contribution >= 4 is 6.29 Å². The number of alkyl halides is 1. The highest BCUT2D eigenvalue weighted by Gasteiger charge is 2.31. The van der Waals surface area contributed by atoms with Gasteiger partial charge in [-0.05, 0) is 13.1 Å². The van der Waals surface area contributed by atoms with Gasteiger partial charge in [-0.2, -0.15) is 0 Å². The molecule has 1 heterocycles. The van der Waals surface area contributed by atoms with Gasteiger partial charge in [0.05, 0.1) is 0 Å². The Hall–Kier alpha value is -0.440. The Morgan fingerprint density at radius 1 is 1.44 bits per heavy atom. The van der Waals surface area contributed by atoms with E-state index in [0.29, 0.717) is 13.1 Å². The van der Waals surface area contributed by atoms with Gasteiger partial charge in [-0.25, -0.2) is 4.39 Å². The highest BCUT2D eigenvalue weighted by atomic mass is 19.1. The first-order chi connectivity index (χ1) is 4.27. The number of hydrogen-bond donors (Lipinski definition) is 1. The zero-order chi connectivity index (χ0) is 6.74. The van der Waals surface area contributed by atoms with Gasteiger partial charge < -0.3 is 5.32 Å². The van der Waals surface area contributed by atoms with E-state index in [0.717, 1.165) is 0 Å². The minimum absolute atomic E-state index is 0.274. The highest BCUT2D eigenvalue weighted by molar-refractivity contribution is 5.63. The normalized spacial score (nSPS) is 25.4. The zero-order valence-electron chi connectivity index (χ0n) is 5.11. The average Bonchev–Trinajstić information content (AvgIpc) is 1.90. The van der Waals surface area contributed by atoms with E-state index >= 15 is 0 Å². The molecular formula is C6H9FNO. The zero-order valence-corrected chi connectivity index (χ0v) is 5.11. The lowest BCUT2D eigenvalue weighted by molar-refractivity contribution is 0.189. The van der Waals surface area contributed by atoms with Crippen molar-refractivity contribution in [3.05, 3.63) is 0 Å². The second-order valence-corrected chi connectivity index (χ2v) is 2.32. The molecule has 0 aliphatic carbocycles. The van der Waals surface area contributed by atoms with Crippen molar-refractivity contribution in [2.75, 3.05) is 13.1 Å². The minimum atomic E-state index is -1.65. The molecule has 0 aromatic carbocycles.